The number of hydrogen-bond donors (Lipinski definition) is 1. The normalized spacial score (nSPS) is 20.6. The molecule has 0 bridgehead atoms. The van der Waals surface area contributed by atoms with Crippen molar-refractivity contribution in [2.45, 2.75) is 38.2 Å². The Balaban J connectivity index is 1.27. The van der Waals surface area contributed by atoms with E-state index >= 15 is 0 Å². The van der Waals surface area contributed by atoms with Gasteiger partial charge in [0, 0.05) is 19.7 Å². The lowest BCUT2D eigenvalue weighted by atomic mass is 9.90. The highest BCUT2D eigenvalue weighted by atomic mass is 16.5. The third-order valence-electron chi connectivity index (χ3n) is 5.43. The van der Waals surface area contributed by atoms with Gasteiger partial charge in [-0.1, -0.05) is 30.3 Å². The Morgan fingerprint density at radius 2 is 1.89 bits per heavy atom. The van der Waals surface area contributed by atoms with Gasteiger partial charge in [0.2, 0.25) is 0 Å². The van der Waals surface area contributed by atoms with E-state index in [1.54, 1.807) is 0 Å². The standard InChI is InChI=1S/C21H26N4O2/c26-21(18-7-4-14-27-18)22-19-8-9-20(24-23-19)25-12-10-17(11-13-25)15-16-5-2-1-3-6-16/h1-3,5-6,8-9,17-18H,4,7,10-15H2,(H,22,23,26). The van der Waals surface area contributed by atoms with Crippen molar-refractivity contribution in [3.63, 3.8) is 0 Å². The minimum Gasteiger partial charge on any atom is -0.368 e. The van der Waals surface area contributed by atoms with Gasteiger partial charge in [0.05, 0.1) is 0 Å². The SMILES string of the molecule is O=C(Nc1ccc(N2CCC(Cc3ccccc3)CC2)nn1)C1CCCO1. The second kappa shape index (κ2) is 8.48. The van der Waals surface area contributed by atoms with E-state index in [4.69, 9.17) is 4.74 Å². The van der Waals surface area contributed by atoms with Crippen LogP contribution in [0.2, 0.25) is 0 Å². The van der Waals surface area contributed by atoms with Gasteiger partial charge in [0.1, 0.15) is 6.10 Å². The van der Waals surface area contributed by atoms with Crippen LogP contribution in [0, 0.1) is 5.92 Å². The Morgan fingerprint density at radius 3 is 2.56 bits per heavy atom. The maximum atomic E-state index is 12.1. The summed E-state index contributed by atoms with van der Waals surface area (Å²) >= 11 is 0. The summed E-state index contributed by atoms with van der Waals surface area (Å²) < 4.78 is 5.39. The molecule has 2 fully saturated rings. The van der Waals surface area contributed by atoms with E-state index in [1.807, 2.05) is 12.1 Å². The van der Waals surface area contributed by atoms with E-state index < -0.39 is 0 Å². The van der Waals surface area contributed by atoms with Crippen LogP contribution < -0.4 is 10.2 Å². The first kappa shape index (κ1) is 17.9. The molecule has 1 N–H and O–H groups in total. The van der Waals surface area contributed by atoms with Gasteiger partial charge in [0.15, 0.2) is 11.6 Å². The first-order chi connectivity index (χ1) is 13.3. The Hall–Kier alpha value is -2.47. The highest BCUT2D eigenvalue weighted by molar-refractivity contribution is 5.93. The molecule has 4 rings (SSSR count). The molecule has 2 aromatic rings. The summed E-state index contributed by atoms with van der Waals surface area (Å²) in [4.78, 5) is 14.4. The van der Waals surface area contributed by atoms with Gasteiger partial charge in [-0.05, 0) is 55.7 Å². The highest BCUT2D eigenvalue weighted by Crippen LogP contribution is 2.25. The number of nitrogens with one attached hydrogen (secondary N) is 1. The molecular weight excluding hydrogens is 340 g/mol. The van der Waals surface area contributed by atoms with Crippen molar-refractivity contribution in [3.05, 3.63) is 48.0 Å². The van der Waals surface area contributed by atoms with Crippen molar-refractivity contribution in [3.8, 4) is 0 Å². The van der Waals surface area contributed by atoms with Gasteiger partial charge in [-0.25, -0.2) is 0 Å². The van der Waals surface area contributed by atoms with Crippen LogP contribution in [0.3, 0.4) is 0 Å². The Kier molecular flexibility index (Phi) is 5.63. The average Bonchev–Trinajstić information content (AvgIpc) is 3.25. The van der Waals surface area contributed by atoms with E-state index in [0.29, 0.717) is 12.4 Å². The van der Waals surface area contributed by atoms with Gasteiger partial charge >= 0.3 is 0 Å². The number of carbonyl (C=O) groups excluding carboxylic acids is 1. The number of anilines is 2. The molecule has 27 heavy (non-hydrogen) atoms. The fraction of sp³-hybridized carbons (Fsp3) is 0.476. The van der Waals surface area contributed by atoms with Crippen LogP contribution in [0.1, 0.15) is 31.2 Å². The first-order valence-corrected chi connectivity index (χ1v) is 9.83. The first-order valence-electron chi connectivity index (χ1n) is 9.83. The zero-order valence-corrected chi connectivity index (χ0v) is 15.5. The maximum Gasteiger partial charge on any atom is 0.254 e. The molecule has 1 aromatic heterocycles. The lowest BCUT2D eigenvalue weighted by molar-refractivity contribution is -0.124. The van der Waals surface area contributed by atoms with Crippen molar-refractivity contribution in [2.24, 2.45) is 5.92 Å². The summed E-state index contributed by atoms with van der Waals surface area (Å²) in [6, 6.07) is 14.5. The average molecular weight is 366 g/mol. The molecule has 3 heterocycles. The summed E-state index contributed by atoms with van der Waals surface area (Å²) in [5.74, 6) is 1.96. The van der Waals surface area contributed by atoms with Gasteiger partial charge < -0.3 is 15.0 Å². The van der Waals surface area contributed by atoms with Crippen LogP contribution in [0.25, 0.3) is 0 Å². The number of hydrogen-bond acceptors (Lipinski definition) is 5. The molecule has 2 aliphatic rings. The summed E-state index contributed by atoms with van der Waals surface area (Å²) in [6.07, 6.45) is 4.82. The largest absolute Gasteiger partial charge is 0.368 e. The van der Waals surface area contributed by atoms with Crippen molar-refractivity contribution in [1.29, 1.82) is 0 Å². The predicted molar refractivity (Wildman–Crippen MR) is 105 cm³/mol. The predicted octanol–water partition coefficient (Wildman–Crippen LogP) is 3.05. The topological polar surface area (TPSA) is 67.4 Å². The Labute approximate surface area is 159 Å². The minimum absolute atomic E-state index is 0.128. The quantitative estimate of drug-likeness (QED) is 0.881. The summed E-state index contributed by atoms with van der Waals surface area (Å²) in [7, 11) is 0. The number of amides is 1. The summed E-state index contributed by atoms with van der Waals surface area (Å²) in [5, 5.41) is 11.3. The van der Waals surface area contributed by atoms with E-state index in [9.17, 15) is 4.79 Å². The molecule has 6 nitrogen and oxygen atoms in total. The third kappa shape index (κ3) is 4.63. The fourth-order valence-electron chi connectivity index (χ4n) is 3.87. The lowest BCUT2D eigenvalue weighted by Crippen LogP contribution is -2.35. The summed E-state index contributed by atoms with van der Waals surface area (Å²) in [5.41, 5.74) is 1.42. The van der Waals surface area contributed by atoms with Gasteiger partial charge in [-0.15, -0.1) is 10.2 Å². The van der Waals surface area contributed by atoms with Crippen LogP contribution >= 0.6 is 0 Å². The minimum atomic E-state index is -0.352. The highest BCUT2D eigenvalue weighted by Gasteiger charge is 2.24. The van der Waals surface area contributed by atoms with Crippen molar-refractivity contribution in [2.75, 3.05) is 29.9 Å². The Morgan fingerprint density at radius 1 is 1.07 bits per heavy atom. The van der Waals surface area contributed by atoms with E-state index in [1.165, 1.54) is 5.56 Å². The van der Waals surface area contributed by atoms with Crippen LogP contribution in [-0.4, -0.2) is 41.9 Å². The molecule has 0 saturated carbocycles. The second-order valence-corrected chi connectivity index (χ2v) is 7.39. The molecule has 1 atom stereocenters. The van der Waals surface area contributed by atoms with Gasteiger partial charge in [-0.2, -0.15) is 0 Å². The Bertz CT molecular complexity index is 737. The molecule has 0 aliphatic carbocycles. The molecule has 6 heteroatoms. The zero-order chi connectivity index (χ0) is 18.5. The van der Waals surface area contributed by atoms with Crippen LogP contribution in [0.5, 0.6) is 0 Å². The van der Waals surface area contributed by atoms with Crippen molar-refractivity contribution < 1.29 is 9.53 Å². The monoisotopic (exact) mass is 366 g/mol. The molecule has 2 saturated heterocycles. The van der Waals surface area contributed by atoms with Crippen LogP contribution in [0.15, 0.2) is 42.5 Å². The number of nitrogens with zero attached hydrogens (tertiary/aromatic N) is 3. The zero-order valence-electron chi connectivity index (χ0n) is 15.5. The van der Waals surface area contributed by atoms with Crippen molar-refractivity contribution in [1.82, 2.24) is 10.2 Å². The van der Waals surface area contributed by atoms with E-state index in [-0.39, 0.29) is 12.0 Å². The molecule has 1 amide bonds. The lowest BCUT2D eigenvalue weighted by Gasteiger charge is -2.32. The summed E-state index contributed by atoms with van der Waals surface area (Å²) in [6.45, 7) is 2.64. The molecule has 1 aromatic carbocycles. The van der Waals surface area contributed by atoms with E-state index in [0.717, 1.165) is 56.9 Å². The number of piperidine rings is 1. The molecule has 2 aliphatic heterocycles. The number of aromatic nitrogens is 2. The molecule has 0 radical (unpaired) electrons. The second-order valence-electron chi connectivity index (χ2n) is 7.39. The fourth-order valence-corrected chi connectivity index (χ4v) is 3.87. The number of benzene rings is 1. The molecule has 1 unspecified atom stereocenters. The van der Waals surface area contributed by atoms with Crippen molar-refractivity contribution >= 4 is 17.5 Å². The molecule has 0 spiro atoms. The van der Waals surface area contributed by atoms with E-state index in [2.05, 4.69) is 50.7 Å². The third-order valence-corrected chi connectivity index (χ3v) is 5.43. The maximum absolute atomic E-state index is 12.1. The smallest absolute Gasteiger partial charge is 0.254 e. The number of ether oxygens (including phenoxy) is 1. The molecule has 142 valence electrons. The molecular formula is C21H26N4O2. The van der Waals surface area contributed by atoms with Crippen LogP contribution in [0.4, 0.5) is 11.6 Å². The van der Waals surface area contributed by atoms with Gasteiger partial charge in [-0.3, -0.25) is 4.79 Å². The van der Waals surface area contributed by atoms with Gasteiger partial charge in [0.25, 0.3) is 5.91 Å². The number of carbonyl (C=O) groups is 1. The number of rotatable bonds is 5. The van der Waals surface area contributed by atoms with Crippen LogP contribution in [-0.2, 0) is 16.0 Å².